The van der Waals surface area contributed by atoms with Crippen molar-refractivity contribution in [2.75, 3.05) is 0 Å². The maximum atomic E-state index is 2.49. The van der Waals surface area contributed by atoms with Crippen LogP contribution in [0.1, 0.15) is 59.3 Å². The van der Waals surface area contributed by atoms with Gasteiger partial charge in [-0.1, -0.05) is 45.8 Å². The molecule has 0 aromatic rings. The van der Waals surface area contributed by atoms with E-state index in [4.69, 9.17) is 0 Å². The van der Waals surface area contributed by atoms with Crippen LogP contribution >= 0.6 is 0 Å². The van der Waals surface area contributed by atoms with Crippen LogP contribution in [0.2, 0.25) is 0 Å². The van der Waals surface area contributed by atoms with Crippen LogP contribution in [0.15, 0.2) is 12.2 Å². The zero-order valence-corrected chi connectivity index (χ0v) is 9.47. The lowest BCUT2D eigenvalue weighted by molar-refractivity contribution is 0.216. The molecular formula is C13H24. The minimum absolute atomic E-state index is 0.565. The fraction of sp³-hybridized carbons (Fsp3) is 0.846. The highest BCUT2D eigenvalue weighted by atomic mass is 14.4. The van der Waals surface area contributed by atoms with E-state index in [1.54, 1.807) is 0 Å². The summed E-state index contributed by atoms with van der Waals surface area (Å²) >= 11 is 0. The Morgan fingerprint density at radius 1 is 1.38 bits per heavy atom. The van der Waals surface area contributed by atoms with Gasteiger partial charge in [0.15, 0.2) is 0 Å². The topological polar surface area (TPSA) is 0 Å². The average molecular weight is 180 g/mol. The van der Waals surface area contributed by atoms with Crippen molar-refractivity contribution in [3.8, 4) is 0 Å². The molecule has 0 aromatic heterocycles. The highest BCUT2D eigenvalue weighted by Gasteiger charge is 2.32. The van der Waals surface area contributed by atoms with E-state index in [0.717, 1.165) is 5.92 Å². The maximum absolute atomic E-state index is 2.49. The molecule has 0 saturated carbocycles. The van der Waals surface area contributed by atoms with Gasteiger partial charge >= 0.3 is 0 Å². The molecule has 0 unspecified atom stereocenters. The zero-order valence-electron chi connectivity index (χ0n) is 9.47. The van der Waals surface area contributed by atoms with Gasteiger partial charge in [0.05, 0.1) is 0 Å². The van der Waals surface area contributed by atoms with Crippen LogP contribution < -0.4 is 0 Å². The first-order chi connectivity index (χ1) is 6.25. The van der Waals surface area contributed by atoms with Gasteiger partial charge < -0.3 is 0 Å². The lowest BCUT2D eigenvalue weighted by Crippen LogP contribution is -2.23. The summed E-state index contributed by atoms with van der Waals surface area (Å²) in [5.41, 5.74) is 0.565. The molecule has 0 radical (unpaired) electrons. The minimum Gasteiger partial charge on any atom is -0.0879 e. The maximum Gasteiger partial charge on any atom is -0.00923 e. The van der Waals surface area contributed by atoms with E-state index in [-0.39, 0.29) is 0 Å². The molecule has 0 N–H and O–H groups in total. The molecule has 0 fully saturated rings. The predicted octanol–water partition coefficient (Wildman–Crippen LogP) is 4.56. The summed E-state index contributed by atoms with van der Waals surface area (Å²) in [5.74, 6) is 0.885. The smallest absolute Gasteiger partial charge is 0.00923 e. The minimum atomic E-state index is 0.565. The molecule has 0 saturated heterocycles. The van der Waals surface area contributed by atoms with Crippen LogP contribution in [-0.4, -0.2) is 0 Å². The Kier molecular flexibility index (Phi) is 4.02. The quantitative estimate of drug-likeness (QED) is 0.544. The van der Waals surface area contributed by atoms with Crippen LogP contribution in [0.25, 0.3) is 0 Å². The molecule has 0 aromatic carbocycles. The highest BCUT2D eigenvalue weighted by molar-refractivity contribution is 5.08. The van der Waals surface area contributed by atoms with Crippen molar-refractivity contribution in [2.24, 2.45) is 11.3 Å². The number of hydrogen-bond donors (Lipinski definition) is 0. The van der Waals surface area contributed by atoms with Crippen molar-refractivity contribution >= 4 is 0 Å². The van der Waals surface area contributed by atoms with Crippen LogP contribution in [0.5, 0.6) is 0 Å². The van der Waals surface area contributed by atoms with Gasteiger partial charge in [0.25, 0.3) is 0 Å². The van der Waals surface area contributed by atoms with Crippen molar-refractivity contribution in [3.05, 3.63) is 12.2 Å². The van der Waals surface area contributed by atoms with E-state index in [1.165, 1.54) is 38.5 Å². The fourth-order valence-corrected chi connectivity index (χ4v) is 2.60. The summed E-state index contributed by atoms with van der Waals surface area (Å²) in [6.07, 6.45) is 13.1. The Balaban J connectivity index is 2.50. The van der Waals surface area contributed by atoms with E-state index < -0.39 is 0 Å². The summed E-state index contributed by atoms with van der Waals surface area (Å²) in [4.78, 5) is 0. The van der Waals surface area contributed by atoms with Crippen LogP contribution in [0.4, 0.5) is 0 Å². The molecular weight excluding hydrogens is 156 g/mol. The summed E-state index contributed by atoms with van der Waals surface area (Å²) in [6.45, 7) is 7.07. The van der Waals surface area contributed by atoms with Gasteiger partial charge in [-0.3, -0.25) is 0 Å². The molecule has 0 amide bonds. The second-order valence-corrected chi connectivity index (χ2v) is 4.57. The number of hydrogen-bond acceptors (Lipinski definition) is 0. The standard InChI is InChI=1S/C13H24/c1-4-6-9-12(3)13(5-2)10-7-8-11-13/h7,10,12H,4-6,8-9,11H2,1-3H3/t12-,13-/m0/s1. The van der Waals surface area contributed by atoms with Crippen LogP contribution in [-0.2, 0) is 0 Å². The molecule has 0 spiro atoms. The number of allylic oxidation sites excluding steroid dienone is 2. The first-order valence-corrected chi connectivity index (χ1v) is 5.93. The molecule has 13 heavy (non-hydrogen) atoms. The van der Waals surface area contributed by atoms with Crippen LogP contribution in [0, 0.1) is 11.3 Å². The second kappa shape index (κ2) is 4.83. The lowest BCUT2D eigenvalue weighted by atomic mass is 9.72. The highest BCUT2D eigenvalue weighted by Crippen LogP contribution is 2.44. The van der Waals surface area contributed by atoms with E-state index >= 15 is 0 Å². The number of rotatable bonds is 5. The third-order valence-electron chi connectivity index (χ3n) is 3.86. The molecule has 0 aliphatic heterocycles. The SMILES string of the molecule is CCCC[C@H](C)[C@@]1(CC)C=CCC1. The monoisotopic (exact) mass is 180 g/mol. The Labute approximate surface area is 83.4 Å². The third-order valence-corrected chi connectivity index (χ3v) is 3.86. The van der Waals surface area contributed by atoms with Gasteiger partial charge in [0.1, 0.15) is 0 Å². The molecule has 0 nitrogen and oxygen atoms in total. The summed E-state index contributed by atoms with van der Waals surface area (Å²) in [6, 6.07) is 0. The molecule has 0 bridgehead atoms. The van der Waals surface area contributed by atoms with E-state index in [0.29, 0.717) is 5.41 Å². The summed E-state index contributed by atoms with van der Waals surface area (Å²) < 4.78 is 0. The molecule has 0 heterocycles. The van der Waals surface area contributed by atoms with Gasteiger partial charge in [-0.25, -0.2) is 0 Å². The third kappa shape index (κ3) is 2.36. The molecule has 2 atom stereocenters. The average Bonchev–Trinajstić information content (AvgIpc) is 2.63. The van der Waals surface area contributed by atoms with E-state index in [2.05, 4.69) is 32.9 Å². The Bertz CT molecular complexity index is 169. The second-order valence-electron chi connectivity index (χ2n) is 4.57. The molecule has 0 heteroatoms. The van der Waals surface area contributed by atoms with Gasteiger partial charge in [-0.05, 0) is 37.0 Å². The van der Waals surface area contributed by atoms with Gasteiger partial charge in [0.2, 0.25) is 0 Å². The molecule has 1 aliphatic carbocycles. The van der Waals surface area contributed by atoms with Crippen LogP contribution in [0.3, 0.4) is 0 Å². The zero-order chi connectivity index (χ0) is 9.73. The molecule has 1 aliphatic rings. The van der Waals surface area contributed by atoms with Crippen molar-refractivity contribution in [1.82, 2.24) is 0 Å². The fourth-order valence-electron chi connectivity index (χ4n) is 2.60. The van der Waals surface area contributed by atoms with Crippen molar-refractivity contribution in [2.45, 2.75) is 59.3 Å². The Morgan fingerprint density at radius 3 is 2.62 bits per heavy atom. The van der Waals surface area contributed by atoms with Gasteiger partial charge in [0, 0.05) is 0 Å². The summed E-state index contributed by atoms with van der Waals surface area (Å²) in [5, 5.41) is 0. The van der Waals surface area contributed by atoms with Gasteiger partial charge in [-0.2, -0.15) is 0 Å². The van der Waals surface area contributed by atoms with Crippen molar-refractivity contribution in [3.63, 3.8) is 0 Å². The Hall–Kier alpha value is -0.260. The first kappa shape index (κ1) is 10.8. The lowest BCUT2D eigenvalue weighted by Gasteiger charge is -2.33. The van der Waals surface area contributed by atoms with Crippen molar-refractivity contribution in [1.29, 1.82) is 0 Å². The van der Waals surface area contributed by atoms with Crippen molar-refractivity contribution < 1.29 is 0 Å². The van der Waals surface area contributed by atoms with E-state index in [9.17, 15) is 0 Å². The first-order valence-electron chi connectivity index (χ1n) is 5.93. The largest absolute Gasteiger partial charge is 0.0879 e. The predicted molar refractivity (Wildman–Crippen MR) is 59.8 cm³/mol. The normalized spacial score (nSPS) is 29.5. The molecule has 76 valence electrons. The Morgan fingerprint density at radius 2 is 2.15 bits per heavy atom. The van der Waals surface area contributed by atoms with E-state index in [1.807, 2.05) is 0 Å². The summed E-state index contributed by atoms with van der Waals surface area (Å²) in [7, 11) is 0. The van der Waals surface area contributed by atoms with Gasteiger partial charge in [-0.15, -0.1) is 0 Å². The number of unbranched alkanes of at least 4 members (excludes halogenated alkanes) is 1. The molecule has 1 rings (SSSR count).